The van der Waals surface area contributed by atoms with Crippen molar-refractivity contribution in [2.45, 2.75) is 51.2 Å². The van der Waals surface area contributed by atoms with Gasteiger partial charge in [0.05, 0.1) is 6.10 Å². The van der Waals surface area contributed by atoms with Crippen molar-refractivity contribution in [3.05, 3.63) is 48.0 Å². The maximum atomic E-state index is 6.13. The monoisotopic (exact) mass is 230 g/mol. The van der Waals surface area contributed by atoms with Crippen LogP contribution in [0.1, 0.15) is 50.7 Å². The predicted molar refractivity (Wildman–Crippen MR) is 72.0 cm³/mol. The summed E-state index contributed by atoms with van der Waals surface area (Å²) in [5.74, 6) is 0. The number of rotatable bonds is 5. The molecule has 0 unspecified atom stereocenters. The number of hydrogen-bond donors (Lipinski definition) is 0. The standard InChI is InChI=1S/C16H22O/c1-2-3-5-11-15-12-8-13-16(17-15)14-9-6-4-7-10-14/h4,6-10,13,15-16H,2-3,5,11-12H2,1H3/t15-,16-/m0/s1. The highest BCUT2D eigenvalue weighted by molar-refractivity contribution is 5.22. The van der Waals surface area contributed by atoms with E-state index in [0.29, 0.717) is 6.10 Å². The Kier molecular flexibility index (Phi) is 4.81. The summed E-state index contributed by atoms with van der Waals surface area (Å²) in [6.07, 6.45) is 11.2. The molecule has 2 atom stereocenters. The van der Waals surface area contributed by atoms with Crippen molar-refractivity contribution in [3.63, 3.8) is 0 Å². The van der Waals surface area contributed by atoms with Gasteiger partial charge in [-0.1, -0.05) is 68.7 Å². The molecule has 1 aromatic rings. The van der Waals surface area contributed by atoms with E-state index in [4.69, 9.17) is 4.74 Å². The van der Waals surface area contributed by atoms with E-state index in [-0.39, 0.29) is 6.10 Å². The Morgan fingerprint density at radius 3 is 2.76 bits per heavy atom. The van der Waals surface area contributed by atoms with E-state index < -0.39 is 0 Å². The average molecular weight is 230 g/mol. The summed E-state index contributed by atoms with van der Waals surface area (Å²) in [6.45, 7) is 2.24. The fourth-order valence-electron chi connectivity index (χ4n) is 2.30. The Morgan fingerprint density at radius 2 is 2.00 bits per heavy atom. The van der Waals surface area contributed by atoms with Gasteiger partial charge in [0.2, 0.25) is 0 Å². The van der Waals surface area contributed by atoms with Crippen LogP contribution >= 0.6 is 0 Å². The van der Waals surface area contributed by atoms with Crippen molar-refractivity contribution in [1.29, 1.82) is 0 Å². The molecule has 1 aromatic carbocycles. The number of hydrogen-bond acceptors (Lipinski definition) is 1. The zero-order valence-corrected chi connectivity index (χ0v) is 10.6. The molecular formula is C16H22O. The molecule has 0 radical (unpaired) electrons. The van der Waals surface area contributed by atoms with Gasteiger partial charge in [0.25, 0.3) is 0 Å². The SMILES string of the molecule is CCCCC[C@H]1CC=C[C@@H](c2ccccc2)O1. The predicted octanol–water partition coefficient (Wildman–Crippen LogP) is 4.65. The first kappa shape index (κ1) is 12.4. The van der Waals surface area contributed by atoms with Gasteiger partial charge in [-0.3, -0.25) is 0 Å². The quantitative estimate of drug-likeness (QED) is 0.528. The lowest BCUT2D eigenvalue weighted by molar-refractivity contribution is -0.000759. The molecule has 1 nitrogen and oxygen atoms in total. The Hall–Kier alpha value is -1.08. The number of benzene rings is 1. The highest BCUT2D eigenvalue weighted by Gasteiger charge is 2.18. The molecule has 0 spiro atoms. The first-order chi connectivity index (χ1) is 8.40. The maximum Gasteiger partial charge on any atom is 0.101 e. The van der Waals surface area contributed by atoms with Crippen LogP contribution in [-0.4, -0.2) is 6.10 Å². The topological polar surface area (TPSA) is 9.23 Å². The summed E-state index contributed by atoms with van der Waals surface area (Å²) in [5.41, 5.74) is 1.27. The molecular weight excluding hydrogens is 208 g/mol. The minimum Gasteiger partial charge on any atom is -0.366 e. The van der Waals surface area contributed by atoms with Crippen LogP contribution in [0.5, 0.6) is 0 Å². The van der Waals surface area contributed by atoms with Crippen LogP contribution in [0.2, 0.25) is 0 Å². The summed E-state index contributed by atoms with van der Waals surface area (Å²) < 4.78 is 6.13. The molecule has 1 aliphatic rings. The van der Waals surface area contributed by atoms with E-state index >= 15 is 0 Å². The van der Waals surface area contributed by atoms with Crippen LogP contribution in [0.3, 0.4) is 0 Å². The molecule has 0 bridgehead atoms. The van der Waals surface area contributed by atoms with Gasteiger partial charge in [0.1, 0.15) is 6.10 Å². The van der Waals surface area contributed by atoms with Gasteiger partial charge in [-0.15, -0.1) is 0 Å². The van der Waals surface area contributed by atoms with Crippen LogP contribution in [0.4, 0.5) is 0 Å². The molecule has 0 saturated heterocycles. The van der Waals surface area contributed by atoms with Gasteiger partial charge >= 0.3 is 0 Å². The number of ether oxygens (including phenoxy) is 1. The van der Waals surface area contributed by atoms with E-state index in [1.165, 1.54) is 31.2 Å². The van der Waals surface area contributed by atoms with Gasteiger partial charge in [-0.25, -0.2) is 0 Å². The fraction of sp³-hybridized carbons (Fsp3) is 0.500. The van der Waals surface area contributed by atoms with Crippen molar-refractivity contribution in [2.24, 2.45) is 0 Å². The molecule has 17 heavy (non-hydrogen) atoms. The third kappa shape index (κ3) is 3.71. The third-order valence-corrected chi connectivity index (χ3v) is 3.31. The highest BCUT2D eigenvalue weighted by atomic mass is 16.5. The molecule has 2 rings (SSSR count). The summed E-state index contributed by atoms with van der Waals surface area (Å²) in [4.78, 5) is 0. The average Bonchev–Trinajstić information content (AvgIpc) is 2.41. The Morgan fingerprint density at radius 1 is 1.18 bits per heavy atom. The first-order valence-electron chi connectivity index (χ1n) is 6.77. The molecule has 0 N–H and O–H groups in total. The van der Waals surface area contributed by atoms with Crippen molar-refractivity contribution in [3.8, 4) is 0 Å². The molecule has 1 aliphatic heterocycles. The van der Waals surface area contributed by atoms with Gasteiger partial charge in [0, 0.05) is 0 Å². The summed E-state index contributed by atoms with van der Waals surface area (Å²) in [6, 6.07) is 10.5. The van der Waals surface area contributed by atoms with E-state index in [1.807, 2.05) is 0 Å². The molecule has 1 heterocycles. The van der Waals surface area contributed by atoms with Crippen LogP contribution in [0.15, 0.2) is 42.5 Å². The van der Waals surface area contributed by atoms with E-state index in [1.54, 1.807) is 0 Å². The van der Waals surface area contributed by atoms with Gasteiger partial charge in [0.15, 0.2) is 0 Å². The van der Waals surface area contributed by atoms with Gasteiger partial charge in [-0.05, 0) is 18.4 Å². The van der Waals surface area contributed by atoms with E-state index in [2.05, 4.69) is 49.4 Å². The van der Waals surface area contributed by atoms with Crippen molar-refractivity contribution >= 4 is 0 Å². The van der Waals surface area contributed by atoms with Crippen LogP contribution in [-0.2, 0) is 4.74 Å². The van der Waals surface area contributed by atoms with Crippen LogP contribution < -0.4 is 0 Å². The molecule has 0 saturated carbocycles. The lowest BCUT2D eigenvalue weighted by Crippen LogP contribution is -2.18. The second-order valence-corrected chi connectivity index (χ2v) is 4.75. The minimum absolute atomic E-state index is 0.163. The zero-order chi connectivity index (χ0) is 11.9. The van der Waals surface area contributed by atoms with Gasteiger partial charge < -0.3 is 4.74 Å². The second-order valence-electron chi connectivity index (χ2n) is 4.75. The van der Waals surface area contributed by atoms with Crippen LogP contribution in [0.25, 0.3) is 0 Å². The highest BCUT2D eigenvalue weighted by Crippen LogP contribution is 2.28. The smallest absolute Gasteiger partial charge is 0.101 e. The van der Waals surface area contributed by atoms with E-state index in [9.17, 15) is 0 Å². The van der Waals surface area contributed by atoms with E-state index in [0.717, 1.165) is 6.42 Å². The van der Waals surface area contributed by atoms with Crippen molar-refractivity contribution in [1.82, 2.24) is 0 Å². The second kappa shape index (κ2) is 6.61. The molecule has 0 aromatic heterocycles. The fourth-order valence-corrected chi connectivity index (χ4v) is 2.30. The lowest BCUT2D eigenvalue weighted by Gasteiger charge is -2.26. The molecule has 0 fully saturated rings. The third-order valence-electron chi connectivity index (χ3n) is 3.31. The Labute approximate surface area is 104 Å². The van der Waals surface area contributed by atoms with Crippen molar-refractivity contribution in [2.75, 3.05) is 0 Å². The number of unbranched alkanes of at least 4 members (excludes halogenated alkanes) is 2. The minimum atomic E-state index is 0.163. The lowest BCUT2D eigenvalue weighted by atomic mass is 10.0. The molecule has 92 valence electrons. The molecule has 1 heteroatoms. The Balaban J connectivity index is 1.89. The largest absolute Gasteiger partial charge is 0.366 e. The van der Waals surface area contributed by atoms with Crippen molar-refractivity contribution < 1.29 is 4.74 Å². The Bertz CT molecular complexity index is 342. The zero-order valence-electron chi connectivity index (χ0n) is 10.6. The molecule has 0 amide bonds. The normalized spacial score (nSPS) is 23.8. The maximum absolute atomic E-state index is 6.13. The van der Waals surface area contributed by atoms with Crippen LogP contribution in [0, 0.1) is 0 Å². The molecule has 0 aliphatic carbocycles. The first-order valence-corrected chi connectivity index (χ1v) is 6.77. The summed E-state index contributed by atoms with van der Waals surface area (Å²) in [5, 5.41) is 0. The van der Waals surface area contributed by atoms with Gasteiger partial charge in [-0.2, -0.15) is 0 Å². The summed E-state index contributed by atoms with van der Waals surface area (Å²) in [7, 11) is 0. The summed E-state index contributed by atoms with van der Waals surface area (Å²) >= 11 is 0.